The summed E-state index contributed by atoms with van der Waals surface area (Å²) in [7, 11) is 1.85. The molecule has 0 radical (unpaired) electrons. The first-order chi connectivity index (χ1) is 9.11. The number of nitrogens with zero attached hydrogens (tertiary/aromatic N) is 2. The van der Waals surface area contributed by atoms with Gasteiger partial charge >= 0.3 is 0 Å². The van der Waals surface area contributed by atoms with Crippen molar-refractivity contribution < 1.29 is 9.59 Å². The molecule has 1 aromatic heterocycles. The minimum absolute atomic E-state index is 0.0239. The van der Waals surface area contributed by atoms with Crippen LogP contribution in [-0.4, -0.2) is 34.2 Å². The minimum atomic E-state index is 0.0239. The lowest BCUT2D eigenvalue weighted by molar-refractivity contribution is -0.130. The van der Waals surface area contributed by atoms with Crippen molar-refractivity contribution in [1.82, 2.24) is 9.47 Å². The third-order valence-corrected chi connectivity index (χ3v) is 4.07. The third kappa shape index (κ3) is 3.25. The molecule has 19 heavy (non-hydrogen) atoms. The Morgan fingerprint density at radius 3 is 2.84 bits per heavy atom. The smallest absolute Gasteiger partial charge is 0.222 e. The normalized spacial score (nSPS) is 20.4. The second kappa shape index (κ2) is 6.04. The molecular formula is C15H22N2O2. The summed E-state index contributed by atoms with van der Waals surface area (Å²) in [5.41, 5.74) is 0.670. The molecule has 4 heteroatoms. The average Bonchev–Trinajstić information content (AvgIpc) is 2.75. The first kappa shape index (κ1) is 13.8. The Labute approximate surface area is 114 Å². The second-order valence-corrected chi connectivity index (χ2v) is 5.34. The number of likely N-dealkylation sites (tertiary alicyclic amines) is 1. The first-order valence-corrected chi connectivity index (χ1v) is 7.04. The number of rotatable bonds is 4. The van der Waals surface area contributed by atoms with E-state index in [1.807, 2.05) is 19.3 Å². The van der Waals surface area contributed by atoms with Crippen molar-refractivity contribution in [3.8, 4) is 0 Å². The Morgan fingerprint density at radius 2 is 2.21 bits per heavy atom. The van der Waals surface area contributed by atoms with Gasteiger partial charge in [0, 0.05) is 26.2 Å². The van der Waals surface area contributed by atoms with Crippen LogP contribution in [-0.2, 0) is 11.8 Å². The van der Waals surface area contributed by atoms with Crippen LogP contribution in [0.4, 0.5) is 0 Å². The molecule has 1 unspecified atom stereocenters. The molecule has 1 aromatic rings. The summed E-state index contributed by atoms with van der Waals surface area (Å²) in [6.07, 6.45) is 5.53. The Kier molecular flexibility index (Phi) is 4.40. The van der Waals surface area contributed by atoms with Crippen molar-refractivity contribution in [3.63, 3.8) is 0 Å². The molecule has 1 atom stereocenters. The van der Waals surface area contributed by atoms with Gasteiger partial charge in [0.15, 0.2) is 5.78 Å². The molecule has 104 valence electrons. The van der Waals surface area contributed by atoms with Gasteiger partial charge in [-0.25, -0.2) is 0 Å². The van der Waals surface area contributed by atoms with Crippen LogP contribution in [0.2, 0.25) is 0 Å². The number of Topliss-reactive ketones (excluding diaryl/α,β-unsaturated/α-hetero) is 1. The van der Waals surface area contributed by atoms with Gasteiger partial charge in [-0.05, 0) is 30.9 Å². The highest BCUT2D eigenvalue weighted by Crippen LogP contribution is 2.21. The van der Waals surface area contributed by atoms with Gasteiger partial charge in [0.25, 0.3) is 0 Å². The average molecular weight is 262 g/mol. The number of hydrogen-bond donors (Lipinski definition) is 0. The minimum Gasteiger partial charge on any atom is -0.348 e. The van der Waals surface area contributed by atoms with Gasteiger partial charge in [0.1, 0.15) is 0 Å². The maximum Gasteiger partial charge on any atom is 0.222 e. The largest absolute Gasteiger partial charge is 0.348 e. The number of aromatic nitrogens is 1. The molecular weight excluding hydrogens is 240 g/mol. The standard InChI is InChI=1S/C15H22N2O2/c1-3-12-6-7-15(19)17(10-8-12)11-14(18)13-5-4-9-16(13)2/h4-5,9,12H,3,6-8,10-11H2,1-2H3. The Morgan fingerprint density at radius 1 is 1.42 bits per heavy atom. The molecule has 1 aliphatic rings. The number of ketones is 1. The van der Waals surface area contributed by atoms with Crippen LogP contribution in [0, 0.1) is 5.92 Å². The predicted molar refractivity (Wildman–Crippen MR) is 74.0 cm³/mol. The zero-order valence-corrected chi connectivity index (χ0v) is 11.8. The molecule has 2 heterocycles. The van der Waals surface area contributed by atoms with Gasteiger partial charge < -0.3 is 9.47 Å². The van der Waals surface area contributed by atoms with Gasteiger partial charge in [-0.1, -0.05) is 13.3 Å². The molecule has 0 aromatic carbocycles. The quantitative estimate of drug-likeness (QED) is 0.781. The zero-order valence-electron chi connectivity index (χ0n) is 11.8. The Hall–Kier alpha value is -1.58. The number of carbonyl (C=O) groups excluding carboxylic acids is 2. The van der Waals surface area contributed by atoms with Gasteiger partial charge in [-0.3, -0.25) is 9.59 Å². The molecule has 4 nitrogen and oxygen atoms in total. The van der Waals surface area contributed by atoms with Crippen LogP contribution in [0.3, 0.4) is 0 Å². The van der Waals surface area contributed by atoms with Crippen LogP contribution >= 0.6 is 0 Å². The van der Waals surface area contributed by atoms with Crippen LogP contribution < -0.4 is 0 Å². The van der Waals surface area contributed by atoms with Crippen molar-refractivity contribution in [1.29, 1.82) is 0 Å². The van der Waals surface area contributed by atoms with Gasteiger partial charge in [-0.15, -0.1) is 0 Å². The summed E-state index contributed by atoms with van der Waals surface area (Å²) in [6.45, 7) is 3.10. The number of carbonyl (C=O) groups is 2. The van der Waals surface area contributed by atoms with Crippen molar-refractivity contribution in [3.05, 3.63) is 24.0 Å². The van der Waals surface area contributed by atoms with Crippen molar-refractivity contribution in [2.24, 2.45) is 13.0 Å². The van der Waals surface area contributed by atoms with Crippen molar-refractivity contribution in [2.75, 3.05) is 13.1 Å². The van der Waals surface area contributed by atoms with Crippen LogP contribution in [0.15, 0.2) is 18.3 Å². The van der Waals surface area contributed by atoms with E-state index in [4.69, 9.17) is 0 Å². The van der Waals surface area contributed by atoms with Crippen LogP contribution in [0.25, 0.3) is 0 Å². The highest BCUT2D eigenvalue weighted by Gasteiger charge is 2.24. The molecule has 0 spiro atoms. The van der Waals surface area contributed by atoms with Crippen molar-refractivity contribution >= 4 is 11.7 Å². The maximum absolute atomic E-state index is 12.2. The van der Waals surface area contributed by atoms with E-state index in [2.05, 4.69) is 6.92 Å². The Bertz CT molecular complexity index is 464. The number of aryl methyl sites for hydroxylation is 1. The number of hydrogen-bond acceptors (Lipinski definition) is 2. The molecule has 0 saturated carbocycles. The van der Waals surface area contributed by atoms with Crippen LogP contribution in [0.1, 0.15) is 43.1 Å². The lowest BCUT2D eigenvalue weighted by Gasteiger charge is -2.20. The monoisotopic (exact) mass is 262 g/mol. The van der Waals surface area contributed by atoms with Gasteiger partial charge in [0.2, 0.25) is 5.91 Å². The topological polar surface area (TPSA) is 42.3 Å². The van der Waals surface area contributed by atoms with Gasteiger partial charge in [-0.2, -0.15) is 0 Å². The lowest BCUT2D eigenvalue weighted by Crippen LogP contribution is -2.35. The summed E-state index contributed by atoms with van der Waals surface area (Å²) in [6, 6.07) is 3.66. The van der Waals surface area contributed by atoms with E-state index in [1.165, 1.54) is 0 Å². The Balaban J connectivity index is 2.00. The van der Waals surface area contributed by atoms with E-state index in [9.17, 15) is 9.59 Å². The van der Waals surface area contributed by atoms with Crippen LogP contribution in [0.5, 0.6) is 0 Å². The summed E-state index contributed by atoms with van der Waals surface area (Å²) in [4.78, 5) is 25.9. The molecule has 1 fully saturated rings. The molecule has 1 saturated heterocycles. The molecule has 1 amide bonds. The summed E-state index contributed by atoms with van der Waals surface area (Å²) in [5, 5.41) is 0. The highest BCUT2D eigenvalue weighted by molar-refractivity contribution is 5.98. The van der Waals surface area contributed by atoms with E-state index in [1.54, 1.807) is 15.5 Å². The summed E-state index contributed by atoms with van der Waals surface area (Å²) < 4.78 is 1.81. The molecule has 0 bridgehead atoms. The second-order valence-electron chi connectivity index (χ2n) is 5.34. The third-order valence-electron chi connectivity index (χ3n) is 4.07. The van der Waals surface area contributed by atoms with E-state index >= 15 is 0 Å². The maximum atomic E-state index is 12.2. The lowest BCUT2D eigenvalue weighted by atomic mass is 9.98. The SMILES string of the molecule is CCC1CCC(=O)N(CC(=O)c2cccn2C)CC1. The molecule has 1 aliphatic heterocycles. The summed E-state index contributed by atoms with van der Waals surface area (Å²) in [5.74, 6) is 0.772. The first-order valence-electron chi connectivity index (χ1n) is 7.04. The molecule has 2 rings (SSSR count). The zero-order chi connectivity index (χ0) is 13.8. The predicted octanol–water partition coefficient (Wildman–Crippen LogP) is 2.25. The summed E-state index contributed by atoms with van der Waals surface area (Å²) >= 11 is 0. The fourth-order valence-corrected chi connectivity index (χ4v) is 2.67. The fourth-order valence-electron chi connectivity index (χ4n) is 2.67. The van der Waals surface area contributed by atoms with E-state index in [0.717, 1.165) is 19.3 Å². The van der Waals surface area contributed by atoms with Crippen molar-refractivity contribution in [2.45, 2.75) is 32.6 Å². The van der Waals surface area contributed by atoms with E-state index in [0.29, 0.717) is 24.6 Å². The molecule has 0 N–H and O–H groups in total. The molecule has 0 aliphatic carbocycles. The van der Waals surface area contributed by atoms with E-state index < -0.39 is 0 Å². The fraction of sp³-hybridized carbons (Fsp3) is 0.600. The van der Waals surface area contributed by atoms with E-state index in [-0.39, 0.29) is 18.2 Å². The number of amides is 1. The van der Waals surface area contributed by atoms with Gasteiger partial charge in [0.05, 0.1) is 12.2 Å². The highest BCUT2D eigenvalue weighted by atomic mass is 16.2.